The maximum Gasteiger partial charge on any atom is 0.254 e. The fourth-order valence-corrected chi connectivity index (χ4v) is 4.12. The van der Waals surface area contributed by atoms with Crippen LogP contribution in [-0.4, -0.2) is 40.4 Å². The Morgan fingerprint density at radius 3 is 2.48 bits per heavy atom. The third-order valence-corrected chi connectivity index (χ3v) is 5.70. The number of aromatic nitrogens is 2. The maximum atomic E-state index is 13.0. The average Bonchev–Trinajstić information content (AvgIpc) is 2.73. The van der Waals surface area contributed by atoms with Crippen LogP contribution in [0.15, 0.2) is 24.3 Å². The minimum atomic E-state index is 0.105. The molecule has 1 aromatic carbocycles. The molecule has 5 nitrogen and oxygen atoms in total. The molecule has 0 radical (unpaired) electrons. The van der Waals surface area contributed by atoms with Crippen LogP contribution in [0.3, 0.4) is 0 Å². The number of rotatable bonds is 3. The molecule has 27 heavy (non-hydrogen) atoms. The van der Waals surface area contributed by atoms with Crippen LogP contribution in [0.4, 0.5) is 5.82 Å². The van der Waals surface area contributed by atoms with Gasteiger partial charge in [0.15, 0.2) is 0 Å². The van der Waals surface area contributed by atoms with Crippen molar-refractivity contribution < 1.29 is 4.79 Å². The van der Waals surface area contributed by atoms with Gasteiger partial charge in [-0.2, -0.15) is 0 Å². The van der Waals surface area contributed by atoms with Crippen LogP contribution in [0.25, 0.3) is 0 Å². The van der Waals surface area contributed by atoms with Gasteiger partial charge >= 0.3 is 0 Å². The van der Waals surface area contributed by atoms with Crippen LogP contribution in [-0.2, 0) is 19.4 Å². The summed E-state index contributed by atoms with van der Waals surface area (Å²) < 4.78 is 0. The highest BCUT2D eigenvalue weighted by Crippen LogP contribution is 2.29. The van der Waals surface area contributed by atoms with Gasteiger partial charge in [-0.25, -0.2) is 9.97 Å². The molecular weight excluding hydrogens is 336 g/mol. The standard InChI is InChI=1S/C22H28N4O/c1-3-17-7-9-18(10-8-17)22(27)26-14-11-20-19(15-26)21(24-16(2)23-20)25-12-5-4-6-13-25/h7-10H,3-6,11-15H2,1-2H3. The fraction of sp³-hybridized carbons (Fsp3) is 0.500. The minimum Gasteiger partial charge on any atom is -0.356 e. The number of hydrogen-bond donors (Lipinski definition) is 0. The SMILES string of the molecule is CCc1ccc(C(=O)N2CCc3nc(C)nc(N4CCCCC4)c3C2)cc1. The van der Waals surface area contributed by atoms with E-state index < -0.39 is 0 Å². The molecule has 2 aliphatic heterocycles. The lowest BCUT2D eigenvalue weighted by Gasteiger charge is -2.34. The maximum absolute atomic E-state index is 13.0. The Balaban J connectivity index is 1.60. The number of benzene rings is 1. The van der Waals surface area contributed by atoms with Gasteiger partial charge in [0.05, 0.1) is 12.2 Å². The highest BCUT2D eigenvalue weighted by Gasteiger charge is 2.28. The summed E-state index contributed by atoms with van der Waals surface area (Å²) in [6.45, 7) is 7.53. The van der Waals surface area contributed by atoms with Gasteiger partial charge in [-0.15, -0.1) is 0 Å². The van der Waals surface area contributed by atoms with E-state index in [-0.39, 0.29) is 5.91 Å². The largest absolute Gasteiger partial charge is 0.356 e. The van der Waals surface area contributed by atoms with E-state index >= 15 is 0 Å². The first-order valence-corrected chi connectivity index (χ1v) is 10.1. The molecule has 0 N–H and O–H groups in total. The van der Waals surface area contributed by atoms with Crippen molar-refractivity contribution >= 4 is 11.7 Å². The van der Waals surface area contributed by atoms with E-state index in [2.05, 4.69) is 28.9 Å². The van der Waals surface area contributed by atoms with Crippen LogP contribution in [0.2, 0.25) is 0 Å². The molecule has 0 saturated carbocycles. The molecule has 4 rings (SSSR count). The molecular formula is C22H28N4O. The van der Waals surface area contributed by atoms with E-state index in [0.717, 1.165) is 60.9 Å². The molecule has 2 aliphatic rings. The predicted molar refractivity (Wildman–Crippen MR) is 107 cm³/mol. The fourth-order valence-electron chi connectivity index (χ4n) is 4.12. The van der Waals surface area contributed by atoms with Gasteiger partial charge in [0.25, 0.3) is 5.91 Å². The summed E-state index contributed by atoms with van der Waals surface area (Å²) in [4.78, 5) is 26.8. The van der Waals surface area contributed by atoms with Crippen LogP contribution in [0.1, 0.15) is 59.2 Å². The zero-order valence-corrected chi connectivity index (χ0v) is 16.4. The van der Waals surface area contributed by atoms with Gasteiger partial charge in [0.2, 0.25) is 0 Å². The summed E-state index contributed by atoms with van der Waals surface area (Å²) >= 11 is 0. The van der Waals surface area contributed by atoms with E-state index in [9.17, 15) is 4.79 Å². The number of aryl methyl sites for hydroxylation is 2. The number of piperidine rings is 1. The van der Waals surface area contributed by atoms with Gasteiger partial charge in [-0.05, 0) is 50.3 Å². The third-order valence-electron chi connectivity index (χ3n) is 5.70. The van der Waals surface area contributed by atoms with Crippen LogP contribution in [0, 0.1) is 6.92 Å². The Morgan fingerprint density at radius 1 is 1.04 bits per heavy atom. The number of carbonyl (C=O) groups is 1. The molecule has 1 aromatic heterocycles. The van der Waals surface area contributed by atoms with Crippen molar-refractivity contribution in [3.05, 3.63) is 52.5 Å². The van der Waals surface area contributed by atoms with Crippen molar-refractivity contribution in [1.82, 2.24) is 14.9 Å². The van der Waals surface area contributed by atoms with Crippen molar-refractivity contribution in [2.45, 2.75) is 52.5 Å². The molecule has 1 fully saturated rings. The Kier molecular flexibility index (Phi) is 5.10. The normalized spacial score (nSPS) is 17.0. The van der Waals surface area contributed by atoms with Crippen molar-refractivity contribution in [3.63, 3.8) is 0 Å². The van der Waals surface area contributed by atoms with Crippen LogP contribution >= 0.6 is 0 Å². The van der Waals surface area contributed by atoms with Crippen molar-refractivity contribution in [1.29, 1.82) is 0 Å². The Morgan fingerprint density at radius 2 is 1.78 bits per heavy atom. The zero-order valence-electron chi connectivity index (χ0n) is 16.4. The monoisotopic (exact) mass is 364 g/mol. The highest BCUT2D eigenvalue weighted by atomic mass is 16.2. The van der Waals surface area contributed by atoms with Gasteiger partial charge < -0.3 is 9.80 Å². The lowest BCUT2D eigenvalue weighted by Crippen LogP contribution is -2.39. The van der Waals surface area contributed by atoms with Crippen LogP contribution in [0.5, 0.6) is 0 Å². The van der Waals surface area contributed by atoms with Gasteiger partial charge in [-0.3, -0.25) is 4.79 Å². The zero-order chi connectivity index (χ0) is 18.8. The smallest absolute Gasteiger partial charge is 0.254 e. The van der Waals surface area contributed by atoms with Gasteiger partial charge in [0, 0.05) is 37.2 Å². The third kappa shape index (κ3) is 3.68. The van der Waals surface area contributed by atoms with Crippen molar-refractivity contribution in [2.75, 3.05) is 24.5 Å². The molecule has 0 bridgehead atoms. The molecule has 0 unspecified atom stereocenters. The van der Waals surface area contributed by atoms with Crippen molar-refractivity contribution in [3.8, 4) is 0 Å². The first-order chi connectivity index (χ1) is 13.2. The summed E-state index contributed by atoms with van der Waals surface area (Å²) in [5.41, 5.74) is 4.29. The number of amides is 1. The predicted octanol–water partition coefficient (Wildman–Crippen LogP) is 3.54. The summed E-state index contributed by atoms with van der Waals surface area (Å²) in [7, 11) is 0. The minimum absolute atomic E-state index is 0.105. The van der Waals surface area contributed by atoms with E-state index in [1.54, 1.807) is 0 Å². The molecule has 1 saturated heterocycles. The molecule has 0 atom stereocenters. The van der Waals surface area contributed by atoms with Gasteiger partial charge in [-0.1, -0.05) is 19.1 Å². The summed E-state index contributed by atoms with van der Waals surface area (Å²) in [5.74, 6) is 1.99. The average molecular weight is 364 g/mol. The van der Waals surface area contributed by atoms with E-state index in [4.69, 9.17) is 4.98 Å². The number of fused-ring (bicyclic) bond motifs is 1. The topological polar surface area (TPSA) is 49.3 Å². The van der Waals surface area contributed by atoms with Gasteiger partial charge in [0.1, 0.15) is 11.6 Å². The second kappa shape index (κ2) is 7.67. The highest BCUT2D eigenvalue weighted by molar-refractivity contribution is 5.94. The number of anilines is 1. The summed E-state index contributed by atoms with van der Waals surface area (Å²) in [6.07, 6.45) is 5.51. The Labute approximate surface area is 161 Å². The Hall–Kier alpha value is -2.43. The molecule has 1 amide bonds. The molecule has 0 aliphatic carbocycles. The number of hydrogen-bond acceptors (Lipinski definition) is 4. The van der Waals surface area contributed by atoms with Crippen LogP contribution < -0.4 is 4.90 Å². The number of nitrogens with zero attached hydrogens (tertiary/aromatic N) is 4. The summed E-state index contributed by atoms with van der Waals surface area (Å²) in [6, 6.07) is 8.01. The lowest BCUT2D eigenvalue weighted by molar-refractivity contribution is 0.0733. The molecule has 3 heterocycles. The molecule has 142 valence electrons. The first-order valence-electron chi connectivity index (χ1n) is 10.1. The molecule has 2 aromatic rings. The van der Waals surface area contributed by atoms with E-state index in [1.165, 1.54) is 24.8 Å². The quantitative estimate of drug-likeness (QED) is 0.836. The summed E-state index contributed by atoms with van der Waals surface area (Å²) in [5, 5.41) is 0. The molecule has 0 spiro atoms. The number of carbonyl (C=O) groups excluding carboxylic acids is 1. The molecule has 5 heteroatoms. The second-order valence-corrected chi connectivity index (χ2v) is 7.59. The lowest BCUT2D eigenvalue weighted by atomic mass is 10.0. The Bertz CT molecular complexity index is 825. The second-order valence-electron chi connectivity index (χ2n) is 7.59. The van der Waals surface area contributed by atoms with E-state index in [1.807, 2.05) is 24.0 Å². The van der Waals surface area contributed by atoms with E-state index in [0.29, 0.717) is 6.54 Å². The first kappa shape index (κ1) is 18.0. The van der Waals surface area contributed by atoms with Crippen molar-refractivity contribution in [2.24, 2.45) is 0 Å².